The number of carbonyl (C=O) groups excluding carboxylic acids is 2. The topological polar surface area (TPSA) is 75.8 Å². The third-order valence-corrected chi connectivity index (χ3v) is 5.76. The number of benzene rings is 2. The summed E-state index contributed by atoms with van der Waals surface area (Å²) in [5.74, 6) is 0.843. The summed E-state index contributed by atoms with van der Waals surface area (Å²) in [5, 5.41) is 7.06. The monoisotopic (exact) mass is 406 g/mol. The largest absolute Gasteiger partial charge is 0.459 e. The van der Waals surface area contributed by atoms with E-state index in [-0.39, 0.29) is 23.8 Å². The maximum atomic E-state index is 12.5. The van der Waals surface area contributed by atoms with E-state index in [1.54, 1.807) is 0 Å². The predicted molar refractivity (Wildman–Crippen MR) is 116 cm³/mol. The van der Waals surface area contributed by atoms with Gasteiger partial charge in [0.05, 0.1) is 19.1 Å². The number of piperidine rings is 1. The van der Waals surface area contributed by atoms with Crippen molar-refractivity contribution in [2.24, 2.45) is 5.92 Å². The van der Waals surface area contributed by atoms with Gasteiger partial charge >= 0.3 is 0 Å². The summed E-state index contributed by atoms with van der Waals surface area (Å²) >= 11 is 0. The minimum Gasteiger partial charge on any atom is -0.459 e. The van der Waals surface area contributed by atoms with Crippen LogP contribution in [-0.4, -0.2) is 31.4 Å². The van der Waals surface area contributed by atoms with Gasteiger partial charge in [-0.2, -0.15) is 0 Å². The molecule has 0 bridgehead atoms. The molecule has 0 aliphatic carbocycles. The molecule has 1 aliphatic heterocycles. The standard InChI is InChI=1S/C24H27N3O3/c1-17(22-15-19-7-5-6-10-21(19)30-22)25-23(28)16-27-13-11-18(12-14-27)24(29)26-20-8-3-2-4-9-20/h2-10,15,17-18H,11-14,16H2,1H3,(H,25,28)(H,26,29)/p+1/t17-/m1/s1. The summed E-state index contributed by atoms with van der Waals surface area (Å²) in [6.45, 7) is 3.99. The summed E-state index contributed by atoms with van der Waals surface area (Å²) in [5.41, 5.74) is 1.66. The zero-order valence-electron chi connectivity index (χ0n) is 17.2. The molecule has 1 atom stereocenters. The number of quaternary nitrogens is 1. The summed E-state index contributed by atoms with van der Waals surface area (Å²) in [4.78, 5) is 26.2. The number of para-hydroxylation sites is 2. The lowest BCUT2D eigenvalue weighted by Crippen LogP contribution is -3.14. The number of anilines is 1. The molecule has 6 heteroatoms. The van der Waals surface area contributed by atoms with E-state index in [2.05, 4.69) is 10.6 Å². The normalized spacial score (nSPS) is 19.9. The fourth-order valence-electron chi connectivity index (χ4n) is 4.04. The van der Waals surface area contributed by atoms with E-state index in [1.807, 2.05) is 67.6 Å². The van der Waals surface area contributed by atoms with Crippen molar-refractivity contribution in [2.45, 2.75) is 25.8 Å². The fourth-order valence-corrected chi connectivity index (χ4v) is 4.04. The third kappa shape index (κ3) is 4.89. The maximum Gasteiger partial charge on any atom is 0.275 e. The molecule has 1 fully saturated rings. The Hall–Kier alpha value is -3.12. The van der Waals surface area contributed by atoms with Gasteiger partial charge in [-0.25, -0.2) is 0 Å². The second-order valence-corrected chi connectivity index (χ2v) is 8.03. The van der Waals surface area contributed by atoms with E-state index in [0.29, 0.717) is 6.54 Å². The molecule has 1 aliphatic rings. The second-order valence-electron chi connectivity index (χ2n) is 8.03. The molecule has 2 aromatic carbocycles. The highest BCUT2D eigenvalue weighted by Crippen LogP contribution is 2.23. The third-order valence-electron chi connectivity index (χ3n) is 5.76. The van der Waals surface area contributed by atoms with Gasteiger partial charge < -0.3 is 20.0 Å². The maximum absolute atomic E-state index is 12.5. The first-order valence-corrected chi connectivity index (χ1v) is 10.6. The van der Waals surface area contributed by atoms with E-state index in [1.165, 1.54) is 4.90 Å². The van der Waals surface area contributed by atoms with E-state index < -0.39 is 0 Å². The molecule has 4 rings (SSSR count). The molecule has 1 saturated heterocycles. The lowest BCUT2D eigenvalue weighted by Gasteiger charge is -2.28. The minimum absolute atomic E-state index is 0.00476. The molecule has 0 spiro atoms. The van der Waals surface area contributed by atoms with Gasteiger partial charge in [0.2, 0.25) is 5.91 Å². The van der Waals surface area contributed by atoms with Crippen LogP contribution in [0.4, 0.5) is 5.69 Å². The number of furan rings is 1. The van der Waals surface area contributed by atoms with Crippen molar-refractivity contribution in [3.05, 3.63) is 66.4 Å². The lowest BCUT2D eigenvalue weighted by molar-refractivity contribution is -0.897. The van der Waals surface area contributed by atoms with Crippen molar-refractivity contribution in [3.8, 4) is 0 Å². The van der Waals surface area contributed by atoms with E-state index in [4.69, 9.17) is 4.42 Å². The average Bonchev–Trinajstić information content (AvgIpc) is 3.19. The van der Waals surface area contributed by atoms with Crippen LogP contribution in [0.1, 0.15) is 31.6 Å². The number of carbonyl (C=O) groups is 2. The number of hydrogen-bond acceptors (Lipinski definition) is 3. The quantitative estimate of drug-likeness (QED) is 0.589. The van der Waals surface area contributed by atoms with E-state index in [9.17, 15) is 9.59 Å². The van der Waals surface area contributed by atoms with Crippen LogP contribution in [0.2, 0.25) is 0 Å². The second kappa shape index (κ2) is 9.13. The summed E-state index contributed by atoms with van der Waals surface area (Å²) in [7, 11) is 0. The van der Waals surface area contributed by atoms with Gasteiger partial charge in [0.15, 0.2) is 6.54 Å². The molecular formula is C24H28N3O3+. The Labute approximate surface area is 176 Å². The molecule has 3 aromatic rings. The van der Waals surface area contributed by atoms with Gasteiger partial charge in [-0.3, -0.25) is 9.59 Å². The molecule has 6 nitrogen and oxygen atoms in total. The van der Waals surface area contributed by atoms with Crippen LogP contribution in [0.15, 0.2) is 65.1 Å². The number of rotatable bonds is 6. The van der Waals surface area contributed by atoms with Crippen LogP contribution in [0.5, 0.6) is 0 Å². The highest BCUT2D eigenvalue weighted by Gasteiger charge is 2.29. The smallest absolute Gasteiger partial charge is 0.275 e. The molecule has 2 amide bonds. The van der Waals surface area contributed by atoms with Crippen molar-refractivity contribution in [1.82, 2.24) is 5.32 Å². The lowest BCUT2D eigenvalue weighted by atomic mass is 9.96. The van der Waals surface area contributed by atoms with E-state index in [0.717, 1.165) is 48.3 Å². The molecule has 0 radical (unpaired) electrons. The highest BCUT2D eigenvalue weighted by atomic mass is 16.3. The Morgan fingerprint density at radius 3 is 2.50 bits per heavy atom. The molecule has 156 valence electrons. The van der Waals surface area contributed by atoms with Gasteiger partial charge in [0.1, 0.15) is 11.3 Å². The van der Waals surface area contributed by atoms with Crippen LogP contribution in [-0.2, 0) is 9.59 Å². The number of hydrogen-bond donors (Lipinski definition) is 3. The van der Waals surface area contributed by atoms with Gasteiger partial charge in [0.25, 0.3) is 5.91 Å². The van der Waals surface area contributed by atoms with Crippen LogP contribution in [0, 0.1) is 5.92 Å². The van der Waals surface area contributed by atoms with Crippen molar-refractivity contribution >= 4 is 28.5 Å². The Bertz CT molecular complexity index is 974. The molecule has 0 unspecified atom stereocenters. The predicted octanol–water partition coefficient (Wildman–Crippen LogP) is 2.54. The van der Waals surface area contributed by atoms with Crippen LogP contribution in [0.3, 0.4) is 0 Å². The summed E-state index contributed by atoms with van der Waals surface area (Å²) in [6, 6.07) is 19.2. The van der Waals surface area contributed by atoms with Crippen LogP contribution < -0.4 is 15.5 Å². The SMILES string of the molecule is C[C@@H](NC(=O)C[NH+]1CCC(C(=O)Nc2ccccc2)CC1)c1cc2ccccc2o1. The highest BCUT2D eigenvalue weighted by molar-refractivity contribution is 5.92. The van der Waals surface area contributed by atoms with Crippen LogP contribution in [0.25, 0.3) is 11.0 Å². The van der Waals surface area contributed by atoms with Crippen molar-refractivity contribution < 1.29 is 18.9 Å². The molecule has 1 aromatic heterocycles. The van der Waals surface area contributed by atoms with Crippen molar-refractivity contribution in [3.63, 3.8) is 0 Å². The number of likely N-dealkylation sites (tertiary alicyclic amines) is 1. The van der Waals surface area contributed by atoms with Gasteiger partial charge in [-0.05, 0) is 31.2 Å². The first-order valence-electron chi connectivity index (χ1n) is 10.6. The number of nitrogens with one attached hydrogen (secondary N) is 3. The summed E-state index contributed by atoms with van der Waals surface area (Å²) in [6.07, 6.45) is 1.58. The molecule has 0 saturated carbocycles. The Morgan fingerprint density at radius 1 is 1.07 bits per heavy atom. The fraction of sp³-hybridized carbons (Fsp3) is 0.333. The first kappa shape index (κ1) is 20.2. The Balaban J connectivity index is 1.23. The number of fused-ring (bicyclic) bond motifs is 1. The average molecular weight is 407 g/mol. The number of amides is 2. The van der Waals surface area contributed by atoms with Gasteiger partial charge in [-0.15, -0.1) is 0 Å². The molecule has 3 N–H and O–H groups in total. The molecular weight excluding hydrogens is 378 g/mol. The minimum atomic E-state index is -0.182. The Kier molecular flexibility index (Phi) is 6.14. The molecule has 2 heterocycles. The molecule has 30 heavy (non-hydrogen) atoms. The van der Waals surface area contributed by atoms with Crippen LogP contribution >= 0.6 is 0 Å². The van der Waals surface area contributed by atoms with Gasteiger partial charge in [0, 0.05) is 29.8 Å². The zero-order chi connectivity index (χ0) is 20.9. The van der Waals surface area contributed by atoms with Gasteiger partial charge in [-0.1, -0.05) is 36.4 Å². The van der Waals surface area contributed by atoms with E-state index >= 15 is 0 Å². The summed E-state index contributed by atoms with van der Waals surface area (Å²) < 4.78 is 5.84. The first-order chi connectivity index (χ1) is 14.6. The Morgan fingerprint density at radius 2 is 1.77 bits per heavy atom. The van der Waals surface area contributed by atoms with Crippen molar-refractivity contribution in [1.29, 1.82) is 0 Å². The van der Waals surface area contributed by atoms with Crippen molar-refractivity contribution in [2.75, 3.05) is 25.0 Å². The zero-order valence-corrected chi connectivity index (χ0v) is 17.2.